The number of nitrogens with one attached hydrogen (secondary N) is 2. The number of aliphatic hydroxyl groups is 1. The van der Waals surface area contributed by atoms with E-state index in [0.717, 1.165) is 16.7 Å². The molecule has 9 heteroatoms. The highest BCUT2D eigenvalue weighted by atomic mass is 35.5. The second kappa shape index (κ2) is 9.06. The van der Waals surface area contributed by atoms with Gasteiger partial charge in [-0.05, 0) is 41.6 Å². The van der Waals surface area contributed by atoms with Crippen molar-refractivity contribution in [2.24, 2.45) is 0 Å². The summed E-state index contributed by atoms with van der Waals surface area (Å²) in [5, 5.41) is 28.2. The number of nitrogens with zero attached hydrogens (tertiary/aromatic N) is 2. The minimum Gasteiger partial charge on any atom is -0.479 e. The average Bonchev–Trinajstić information content (AvgIpc) is 3.15. The maximum absolute atomic E-state index is 12.4. The molecule has 8 nitrogen and oxygen atoms in total. The first-order valence-electron chi connectivity index (χ1n) is 9.23. The first-order chi connectivity index (χ1) is 14.2. The molecule has 0 fully saturated rings. The number of aromatic nitrogens is 3. The molecule has 156 valence electrons. The number of H-pyrrole nitrogens is 1. The van der Waals surface area contributed by atoms with Gasteiger partial charge in [0.1, 0.15) is 0 Å². The first-order valence-corrected chi connectivity index (χ1v) is 9.61. The summed E-state index contributed by atoms with van der Waals surface area (Å²) >= 11 is 5.66. The monoisotopic (exact) mass is 428 g/mol. The molecule has 2 unspecified atom stereocenters. The summed E-state index contributed by atoms with van der Waals surface area (Å²) in [6.07, 6.45) is 0.106. The summed E-state index contributed by atoms with van der Waals surface area (Å²) in [6.45, 7) is 1.19. The van der Waals surface area contributed by atoms with Gasteiger partial charge in [0.25, 0.3) is 5.91 Å². The predicted octanol–water partition coefficient (Wildman–Crippen LogP) is 2.69. The summed E-state index contributed by atoms with van der Waals surface area (Å²) in [5.41, 5.74) is 0.963. The van der Waals surface area contributed by atoms with E-state index in [1.807, 2.05) is 54.6 Å². The predicted molar refractivity (Wildman–Crippen MR) is 111 cm³/mol. The zero-order valence-electron chi connectivity index (χ0n) is 16.2. The van der Waals surface area contributed by atoms with Gasteiger partial charge in [-0.2, -0.15) is 4.98 Å². The van der Waals surface area contributed by atoms with Gasteiger partial charge in [0, 0.05) is 12.5 Å². The van der Waals surface area contributed by atoms with Crippen LogP contribution in [-0.4, -0.2) is 48.9 Å². The molecule has 0 aliphatic heterocycles. The number of aromatic amines is 1. The van der Waals surface area contributed by atoms with Crippen LogP contribution in [0.3, 0.4) is 0 Å². The van der Waals surface area contributed by atoms with Crippen LogP contribution in [-0.2, 0) is 11.2 Å². The molecule has 1 aromatic heterocycles. The highest BCUT2D eigenvalue weighted by Gasteiger charge is 2.34. The number of benzene rings is 2. The topological polar surface area (TPSA) is 128 Å². The SMILES string of the molecule is CC(O)(CC(Cc1ccc(-c2ccccc2)cc1)NC(=O)c1n[nH]c(Cl)n1)C(=O)O. The van der Waals surface area contributed by atoms with E-state index >= 15 is 0 Å². The van der Waals surface area contributed by atoms with E-state index in [0.29, 0.717) is 6.42 Å². The Morgan fingerprint density at radius 2 is 1.77 bits per heavy atom. The number of carboxylic acids is 1. The smallest absolute Gasteiger partial charge is 0.335 e. The molecule has 30 heavy (non-hydrogen) atoms. The quantitative estimate of drug-likeness (QED) is 0.436. The minimum atomic E-state index is -2.02. The third kappa shape index (κ3) is 5.43. The van der Waals surface area contributed by atoms with E-state index in [2.05, 4.69) is 20.5 Å². The summed E-state index contributed by atoms with van der Waals surface area (Å²) in [4.78, 5) is 27.5. The minimum absolute atomic E-state index is 0.0364. The van der Waals surface area contributed by atoms with E-state index < -0.39 is 23.5 Å². The van der Waals surface area contributed by atoms with Gasteiger partial charge >= 0.3 is 5.97 Å². The van der Waals surface area contributed by atoms with Crippen molar-refractivity contribution in [1.82, 2.24) is 20.5 Å². The molecule has 3 rings (SSSR count). The lowest BCUT2D eigenvalue weighted by molar-refractivity contribution is -0.157. The molecule has 0 bridgehead atoms. The van der Waals surface area contributed by atoms with Crippen LogP contribution in [0.25, 0.3) is 11.1 Å². The van der Waals surface area contributed by atoms with Crippen molar-refractivity contribution in [1.29, 1.82) is 0 Å². The number of aliphatic carboxylic acids is 1. The molecular weight excluding hydrogens is 408 g/mol. The fourth-order valence-corrected chi connectivity index (χ4v) is 3.21. The molecule has 2 atom stereocenters. The Morgan fingerprint density at radius 3 is 2.33 bits per heavy atom. The number of halogens is 1. The van der Waals surface area contributed by atoms with Gasteiger partial charge in [0.2, 0.25) is 11.1 Å². The molecule has 0 aliphatic carbocycles. The maximum Gasteiger partial charge on any atom is 0.335 e. The molecule has 0 radical (unpaired) electrons. The Balaban J connectivity index is 1.77. The molecule has 1 amide bonds. The van der Waals surface area contributed by atoms with Crippen molar-refractivity contribution in [3.63, 3.8) is 0 Å². The van der Waals surface area contributed by atoms with Gasteiger partial charge in [-0.1, -0.05) is 54.6 Å². The molecule has 0 spiro atoms. The number of carbonyl (C=O) groups is 2. The van der Waals surface area contributed by atoms with Gasteiger partial charge in [-0.25, -0.2) is 9.89 Å². The van der Waals surface area contributed by atoms with Gasteiger partial charge < -0.3 is 15.5 Å². The van der Waals surface area contributed by atoms with E-state index in [-0.39, 0.29) is 17.5 Å². The second-order valence-electron chi connectivity index (χ2n) is 7.17. The molecule has 2 aromatic carbocycles. The summed E-state index contributed by atoms with van der Waals surface area (Å²) < 4.78 is 0. The van der Waals surface area contributed by atoms with Gasteiger partial charge in [0.05, 0.1) is 0 Å². The van der Waals surface area contributed by atoms with E-state index in [9.17, 15) is 19.8 Å². The lowest BCUT2D eigenvalue weighted by Crippen LogP contribution is -2.46. The Labute approximate surface area is 177 Å². The van der Waals surface area contributed by atoms with Gasteiger partial charge in [-0.15, -0.1) is 5.10 Å². The zero-order valence-corrected chi connectivity index (χ0v) is 16.9. The van der Waals surface area contributed by atoms with Crippen molar-refractivity contribution >= 4 is 23.5 Å². The van der Waals surface area contributed by atoms with E-state index in [1.54, 1.807) is 0 Å². The molecule has 0 saturated carbocycles. The lowest BCUT2D eigenvalue weighted by atomic mass is 9.92. The van der Waals surface area contributed by atoms with Crippen LogP contribution < -0.4 is 5.32 Å². The first kappa shape index (κ1) is 21.5. The van der Waals surface area contributed by atoms with Crippen LogP contribution in [0, 0.1) is 0 Å². The Bertz CT molecular complexity index is 1020. The van der Waals surface area contributed by atoms with Crippen LogP contribution in [0.15, 0.2) is 54.6 Å². The molecule has 3 aromatic rings. The highest BCUT2D eigenvalue weighted by Crippen LogP contribution is 2.21. The summed E-state index contributed by atoms with van der Waals surface area (Å²) in [7, 11) is 0. The van der Waals surface area contributed by atoms with Crippen LogP contribution in [0.2, 0.25) is 5.28 Å². The molecule has 0 aliphatic rings. The van der Waals surface area contributed by atoms with Crippen LogP contribution in [0.1, 0.15) is 29.5 Å². The molecular formula is C21H21ClN4O4. The Hall–Kier alpha value is -3.23. The number of hydrogen-bond acceptors (Lipinski definition) is 5. The number of hydrogen-bond donors (Lipinski definition) is 4. The summed E-state index contributed by atoms with van der Waals surface area (Å²) in [6, 6.07) is 16.9. The molecule has 1 heterocycles. The maximum atomic E-state index is 12.4. The Kier molecular flexibility index (Phi) is 6.49. The zero-order chi connectivity index (χ0) is 21.7. The van der Waals surface area contributed by atoms with Crippen molar-refractivity contribution in [2.45, 2.75) is 31.4 Å². The van der Waals surface area contributed by atoms with Crippen molar-refractivity contribution in [3.8, 4) is 11.1 Å². The number of carboxylic acid groups (broad SMARTS) is 1. The second-order valence-corrected chi connectivity index (χ2v) is 7.53. The van der Waals surface area contributed by atoms with Crippen molar-refractivity contribution < 1.29 is 19.8 Å². The third-order valence-corrected chi connectivity index (χ3v) is 4.81. The fourth-order valence-electron chi connectivity index (χ4n) is 3.08. The molecule has 4 N–H and O–H groups in total. The Morgan fingerprint density at radius 1 is 1.13 bits per heavy atom. The fraction of sp³-hybridized carbons (Fsp3) is 0.238. The van der Waals surface area contributed by atoms with Crippen LogP contribution in [0.5, 0.6) is 0 Å². The van der Waals surface area contributed by atoms with Gasteiger partial charge in [0.15, 0.2) is 5.60 Å². The standard InChI is InChI=1S/C21H21ClN4O4/c1-21(30,19(28)29)12-16(23-18(27)17-24-20(22)26-25-17)11-13-7-9-15(10-8-13)14-5-3-2-4-6-14/h2-10,16,30H,11-12H2,1H3,(H,23,27)(H,28,29)(H,24,25,26). The number of carbonyl (C=O) groups excluding carboxylic acids is 1. The van der Waals surface area contributed by atoms with Crippen molar-refractivity contribution in [3.05, 3.63) is 71.3 Å². The van der Waals surface area contributed by atoms with Crippen LogP contribution >= 0.6 is 11.6 Å². The normalized spacial score (nSPS) is 14.0. The van der Waals surface area contributed by atoms with Gasteiger partial charge in [-0.3, -0.25) is 4.79 Å². The summed E-state index contributed by atoms with van der Waals surface area (Å²) in [5.74, 6) is -2.16. The third-order valence-electron chi connectivity index (χ3n) is 4.64. The van der Waals surface area contributed by atoms with E-state index in [4.69, 9.17) is 11.6 Å². The highest BCUT2D eigenvalue weighted by molar-refractivity contribution is 6.28. The van der Waals surface area contributed by atoms with Crippen molar-refractivity contribution in [2.75, 3.05) is 0 Å². The number of amides is 1. The average molecular weight is 429 g/mol. The number of rotatable bonds is 8. The molecule has 0 saturated heterocycles. The van der Waals surface area contributed by atoms with E-state index in [1.165, 1.54) is 6.92 Å². The van der Waals surface area contributed by atoms with Crippen LogP contribution in [0.4, 0.5) is 0 Å². The largest absolute Gasteiger partial charge is 0.479 e. The lowest BCUT2D eigenvalue weighted by Gasteiger charge is -2.25.